The van der Waals surface area contributed by atoms with E-state index in [0.29, 0.717) is 34.9 Å². The molecule has 3 heterocycles. The minimum absolute atomic E-state index is 0.271. The highest BCUT2D eigenvalue weighted by Gasteiger charge is 2.19. The van der Waals surface area contributed by atoms with Gasteiger partial charge in [0.2, 0.25) is 0 Å². The fraction of sp³-hybridized carbons (Fsp3) is 0.276. The number of nitrogens with zero attached hydrogens (tertiary/aromatic N) is 2. The SMILES string of the molecule is CCNc1nc2c(C#CC(N)=O)c[nH]c(=O)c2c2cc(-c3ccc(C(C)N4CCOCC4)cc3)ccc12. The van der Waals surface area contributed by atoms with E-state index in [0.717, 1.165) is 48.2 Å². The number of benzene rings is 2. The van der Waals surface area contributed by atoms with Gasteiger partial charge >= 0.3 is 0 Å². The van der Waals surface area contributed by atoms with Crippen molar-refractivity contribution in [3.8, 4) is 23.0 Å². The maximum absolute atomic E-state index is 13.0. The molecule has 0 bridgehead atoms. The molecule has 8 heteroatoms. The summed E-state index contributed by atoms with van der Waals surface area (Å²) in [5.41, 5.74) is 9.09. The van der Waals surface area contributed by atoms with Crippen molar-refractivity contribution >= 4 is 33.4 Å². The molecular weight excluding hydrogens is 466 g/mol. The average Bonchev–Trinajstić information content (AvgIpc) is 2.92. The van der Waals surface area contributed by atoms with Gasteiger partial charge in [-0.25, -0.2) is 4.98 Å². The summed E-state index contributed by atoms with van der Waals surface area (Å²) in [6, 6.07) is 14.9. The second-order valence-corrected chi connectivity index (χ2v) is 9.07. The summed E-state index contributed by atoms with van der Waals surface area (Å²) in [4.78, 5) is 34.1. The first kappa shape index (κ1) is 24.5. The van der Waals surface area contributed by atoms with Crippen molar-refractivity contribution in [1.29, 1.82) is 0 Å². The van der Waals surface area contributed by atoms with Crippen molar-refractivity contribution in [3.63, 3.8) is 0 Å². The predicted molar refractivity (Wildman–Crippen MR) is 146 cm³/mol. The lowest BCUT2D eigenvalue weighted by Crippen LogP contribution is -2.37. The summed E-state index contributed by atoms with van der Waals surface area (Å²) >= 11 is 0. The lowest BCUT2D eigenvalue weighted by Gasteiger charge is -2.32. The van der Waals surface area contributed by atoms with Crippen molar-refractivity contribution in [2.24, 2.45) is 5.73 Å². The van der Waals surface area contributed by atoms with Crippen molar-refractivity contribution < 1.29 is 9.53 Å². The highest BCUT2D eigenvalue weighted by molar-refractivity contribution is 6.12. The lowest BCUT2D eigenvalue weighted by atomic mass is 9.97. The van der Waals surface area contributed by atoms with Crippen molar-refractivity contribution in [1.82, 2.24) is 14.9 Å². The van der Waals surface area contributed by atoms with Crippen LogP contribution in [0.1, 0.15) is 31.0 Å². The minimum atomic E-state index is -0.749. The van der Waals surface area contributed by atoms with Gasteiger partial charge in [-0.1, -0.05) is 42.3 Å². The quantitative estimate of drug-likeness (QED) is 0.289. The van der Waals surface area contributed by atoms with Crippen molar-refractivity contribution in [2.75, 3.05) is 38.2 Å². The van der Waals surface area contributed by atoms with Crippen LogP contribution in [0.25, 0.3) is 32.8 Å². The van der Waals surface area contributed by atoms with Crippen LogP contribution in [0.2, 0.25) is 0 Å². The molecule has 4 aromatic rings. The summed E-state index contributed by atoms with van der Waals surface area (Å²) in [7, 11) is 0. The Labute approximate surface area is 214 Å². The zero-order valence-electron chi connectivity index (χ0n) is 20.9. The molecule has 8 nitrogen and oxygen atoms in total. The number of nitrogens with one attached hydrogen (secondary N) is 2. The number of anilines is 1. The van der Waals surface area contributed by atoms with Gasteiger partial charge in [0.05, 0.1) is 29.7 Å². The third kappa shape index (κ3) is 4.92. The summed E-state index contributed by atoms with van der Waals surface area (Å²) in [5, 5.41) is 5.30. The Kier molecular flexibility index (Phi) is 6.91. The van der Waals surface area contributed by atoms with E-state index in [1.54, 1.807) is 0 Å². The normalized spacial score (nSPS) is 14.8. The van der Waals surface area contributed by atoms with Gasteiger partial charge in [0.25, 0.3) is 11.5 Å². The smallest absolute Gasteiger partial charge is 0.293 e. The molecule has 0 spiro atoms. The Morgan fingerprint density at radius 3 is 2.59 bits per heavy atom. The molecule has 2 aromatic carbocycles. The fourth-order valence-corrected chi connectivity index (χ4v) is 4.85. The number of nitrogens with two attached hydrogens (primary N) is 1. The van der Waals surface area contributed by atoms with E-state index in [1.807, 2.05) is 25.1 Å². The molecule has 0 saturated carbocycles. The van der Waals surface area contributed by atoms with E-state index < -0.39 is 5.91 Å². The monoisotopic (exact) mass is 495 g/mol. The van der Waals surface area contributed by atoms with Crippen molar-refractivity contribution in [2.45, 2.75) is 19.9 Å². The Bertz CT molecular complexity index is 1590. The lowest BCUT2D eigenvalue weighted by molar-refractivity contribution is -0.112. The van der Waals surface area contributed by atoms with Gasteiger partial charge in [-0.3, -0.25) is 14.5 Å². The minimum Gasteiger partial charge on any atom is -0.379 e. The third-order valence-electron chi connectivity index (χ3n) is 6.82. The highest BCUT2D eigenvalue weighted by Crippen LogP contribution is 2.33. The first-order valence-electron chi connectivity index (χ1n) is 12.4. The Morgan fingerprint density at radius 2 is 1.89 bits per heavy atom. The number of hydrogen-bond acceptors (Lipinski definition) is 6. The number of hydrogen-bond donors (Lipinski definition) is 3. The second-order valence-electron chi connectivity index (χ2n) is 9.07. The molecule has 4 N–H and O–H groups in total. The topological polar surface area (TPSA) is 113 Å². The Morgan fingerprint density at radius 1 is 1.16 bits per heavy atom. The first-order chi connectivity index (χ1) is 18.0. The van der Waals surface area contributed by atoms with E-state index in [1.165, 1.54) is 11.8 Å². The van der Waals surface area contributed by atoms with Crippen LogP contribution in [0.5, 0.6) is 0 Å². The molecule has 0 radical (unpaired) electrons. The molecule has 1 aliphatic rings. The van der Waals surface area contributed by atoms with Crippen LogP contribution in [0.3, 0.4) is 0 Å². The molecule has 37 heavy (non-hydrogen) atoms. The number of rotatable bonds is 5. The maximum Gasteiger partial charge on any atom is 0.293 e. The zero-order valence-corrected chi connectivity index (χ0v) is 20.9. The number of pyridine rings is 2. The van der Waals surface area contributed by atoms with Crippen LogP contribution < -0.4 is 16.6 Å². The van der Waals surface area contributed by atoms with Gasteiger partial charge in [-0.05, 0) is 36.6 Å². The summed E-state index contributed by atoms with van der Waals surface area (Å²) in [6.45, 7) is 8.27. The number of amides is 1. The largest absolute Gasteiger partial charge is 0.379 e. The number of carbonyl (C=O) groups excluding carboxylic acids is 1. The number of carbonyl (C=O) groups is 1. The van der Waals surface area contributed by atoms with E-state index >= 15 is 0 Å². The fourth-order valence-electron chi connectivity index (χ4n) is 4.85. The van der Waals surface area contributed by atoms with E-state index in [9.17, 15) is 9.59 Å². The van der Waals surface area contributed by atoms with Crippen LogP contribution in [0, 0.1) is 11.8 Å². The van der Waals surface area contributed by atoms with E-state index in [2.05, 4.69) is 58.2 Å². The van der Waals surface area contributed by atoms with Gasteiger partial charge in [-0.2, -0.15) is 0 Å². The van der Waals surface area contributed by atoms with Gasteiger partial charge in [0.15, 0.2) is 0 Å². The molecule has 1 atom stereocenters. The second kappa shape index (κ2) is 10.4. The van der Waals surface area contributed by atoms with Gasteiger partial charge < -0.3 is 20.8 Å². The summed E-state index contributed by atoms with van der Waals surface area (Å²) in [6.07, 6.45) is 1.47. The molecule has 1 aliphatic heterocycles. The van der Waals surface area contributed by atoms with Crippen molar-refractivity contribution in [3.05, 3.63) is 70.1 Å². The van der Waals surface area contributed by atoms with Gasteiger partial charge in [0, 0.05) is 48.6 Å². The molecule has 0 aliphatic carbocycles. The zero-order chi connectivity index (χ0) is 25.9. The summed E-state index contributed by atoms with van der Waals surface area (Å²) in [5.74, 6) is 4.99. The number of morpholine rings is 1. The van der Waals surface area contributed by atoms with Crippen LogP contribution in [-0.4, -0.2) is 53.6 Å². The highest BCUT2D eigenvalue weighted by atomic mass is 16.5. The van der Waals surface area contributed by atoms with Crippen LogP contribution in [0.4, 0.5) is 5.82 Å². The number of H-pyrrole nitrogens is 1. The Balaban J connectivity index is 1.62. The van der Waals surface area contributed by atoms with Crippen LogP contribution in [-0.2, 0) is 9.53 Å². The molecule has 1 fully saturated rings. The van der Waals surface area contributed by atoms with Crippen LogP contribution in [0.15, 0.2) is 53.5 Å². The van der Waals surface area contributed by atoms with Gasteiger partial charge in [0.1, 0.15) is 5.82 Å². The number of aromatic nitrogens is 2. The third-order valence-corrected chi connectivity index (χ3v) is 6.82. The maximum atomic E-state index is 13.0. The number of ether oxygens (including phenoxy) is 1. The average molecular weight is 496 g/mol. The molecule has 2 aromatic heterocycles. The van der Waals surface area contributed by atoms with E-state index in [-0.39, 0.29) is 5.56 Å². The molecule has 5 rings (SSSR count). The van der Waals surface area contributed by atoms with E-state index in [4.69, 9.17) is 15.5 Å². The molecule has 1 unspecified atom stereocenters. The van der Waals surface area contributed by atoms with Gasteiger partial charge in [-0.15, -0.1) is 0 Å². The predicted octanol–water partition coefficient (Wildman–Crippen LogP) is 3.41. The first-order valence-corrected chi connectivity index (χ1v) is 12.4. The number of fused-ring (bicyclic) bond motifs is 3. The number of aromatic amines is 1. The Hall–Kier alpha value is -4.19. The summed E-state index contributed by atoms with van der Waals surface area (Å²) < 4.78 is 5.49. The molecule has 188 valence electrons. The number of primary amides is 1. The molecular formula is C29H29N5O3. The van der Waals surface area contributed by atoms with Crippen LogP contribution >= 0.6 is 0 Å². The molecule has 1 amide bonds. The molecule has 1 saturated heterocycles. The standard InChI is InChI=1S/C29H29N5O3/c1-3-31-28-23-10-8-21(20-6-4-19(5-7-20)18(2)34-12-14-37-15-13-34)16-24(23)26-27(33-28)22(9-11-25(30)35)17-32-29(26)36/h4-8,10,16-18H,3,12-15H2,1-2H3,(H2,30,35)(H,31,33)(H,32,36).